The summed E-state index contributed by atoms with van der Waals surface area (Å²) >= 11 is 5.82. The number of halogens is 1. The van der Waals surface area contributed by atoms with E-state index >= 15 is 0 Å². The molecule has 120 valence electrons. The van der Waals surface area contributed by atoms with Crippen molar-refractivity contribution < 1.29 is 14.3 Å². The first-order chi connectivity index (χ1) is 11.1. The average Bonchev–Trinajstić information content (AvgIpc) is 2.56. The fourth-order valence-corrected chi connectivity index (χ4v) is 2.60. The van der Waals surface area contributed by atoms with Gasteiger partial charge in [-0.15, -0.1) is 0 Å². The van der Waals surface area contributed by atoms with Gasteiger partial charge in [-0.1, -0.05) is 11.6 Å². The molecule has 1 aliphatic heterocycles. The highest BCUT2D eigenvalue weighted by Gasteiger charge is 2.22. The molecule has 0 saturated carbocycles. The van der Waals surface area contributed by atoms with Crippen molar-refractivity contribution in [2.24, 2.45) is 0 Å². The molecule has 1 unspecified atom stereocenters. The van der Waals surface area contributed by atoms with Gasteiger partial charge in [0.15, 0.2) is 0 Å². The van der Waals surface area contributed by atoms with Crippen molar-refractivity contribution >= 4 is 23.3 Å². The number of fused-ring (bicyclic) bond motifs is 1. The molecular formula is C17H17ClN2O3. The Bertz CT molecular complexity index is 703. The Balaban J connectivity index is 1.60. The maximum Gasteiger partial charge on any atom is 0.319 e. The molecule has 1 atom stereocenters. The third kappa shape index (κ3) is 3.87. The fraction of sp³-hybridized carbons (Fsp3) is 0.235. The van der Waals surface area contributed by atoms with Crippen LogP contribution in [0.5, 0.6) is 11.5 Å². The highest BCUT2D eigenvalue weighted by Crippen LogP contribution is 2.28. The largest absolute Gasteiger partial charge is 0.497 e. The van der Waals surface area contributed by atoms with Crippen molar-refractivity contribution in [2.45, 2.75) is 12.5 Å². The van der Waals surface area contributed by atoms with Gasteiger partial charge in [0.2, 0.25) is 0 Å². The van der Waals surface area contributed by atoms with Gasteiger partial charge in [0, 0.05) is 10.7 Å². The summed E-state index contributed by atoms with van der Waals surface area (Å²) in [5.41, 5.74) is 1.71. The van der Waals surface area contributed by atoms with Crippen LogP contribution in [0.1, 0.15) is 5.56 Å². The molecule has 2 aromatic rings. The molecule has 0 aromatic heterocycles. The minimum atomic E-state index is -0.271. The standard InChI is InChI=1S/C17H17ClN2O3/c1-22-15-6-7-16-11(9-15)8-14(10-23-16)20-17(21)19-13-4-2-12(18)3-5-13/h2-7,9,14H,8,10H2,1H3,(H2,19,20,21). The predicted molar refractivity (Wildman–Crippen MR) is 89.6 cm³/mol. The Morgan fingerprint density at radius 3 is 2.78 bits per heavy atom. The number of nitrogens with one attached hydrogen (secondary N) is 2. The Labute approximate surface area is 139 Å². The van der Waals surface area contributed by atoms with Crippen LogP contribution in [-0.2, 0) is 6.42 Å². The first kappa shape index (κ1) is 15.5. The smallest absolute Gasteiger partial charge is 0.319 e. The number of benzene rings is 2. The molecule has 0 saturated heterocycles. The monoisotopic (exact) mass is 332 g/mol. The van der Waals surface area contributed by atoms with Crippen LogP contribution in [0.15, 0.2) is 42.5 Å². The molecule has 0 aliphatic carbocycles. The van der Waals surface area contributed by atoms with Crippen LogP contribution in [0.2, 0.25) is 5.02 Å². The summed E-state index contributed by atoms with van der Waals surface area (Å²) < 4.78 is 10.9. The Hall–Kier alpha value is -2.40. The number of amides is 2. The van der Waals surface area contributed by atoms with E-state index in [0.29, 0.717) is 23.7 Å². The number of urea groups is 1. The van der Waals surface area contributed by atoms with Crippen LogP contribution >= 0.6 is 11.6 Å². The zero-order chi connectivity index (χ0) is 16.2. The second kappa shape index (κ2) is 6.79. The van der Waals surface area contributed by atoms with Gasteiger partial charge in [0.25, 0.3) is 0 Å². The van der Waals surface area contributed by atoms with Crippen LogP contribution in [-0.4, -0.2) is 25.8 Å². The van der Waals surface area contributed by atoms with Gasteiger partial charge < -0.3 is 20.1 Å². The summed E-state index contributed by atoms with van der Waals surface area (Å²) in [6, 6.07) is 12.3. The van der Waals surface area contributed by atoms with E-state index in [1.54, 1.807) is 31.4 Å². The van der Waals surface area contributed by atoms with Crippen molar-refractivity contribution in [3.8, 4) is 11.5 Å². The first-order valence-electron chi connectivity index (χ1n) is 7.27. The minimum Gasteiger partial charge on any atom is -0.497 e. The van der Waals surface area contributed by atoms with Crippen LogP contribution in [0.3, 0.4) is 0 Å². The van der Waals surface area contributed by atoms with Gasteiger partial charge in [-0.2, -0.15) is 0 Å². The van der Waals surface area contributed by atoms with Crippen molar-refractivity contribution in [3.63, 3.8) is 0 Å². The van der Waals surface area contributed by atoms with Crippen LogP contribution in [0.4, 0.5) is 10.5 Å². The molecule has 2 aromatic carbocycles. The quantitative estimate of drug-likeness (QED) is 0.904. The normalized spacial score (nSPS) is 16.0. The molecule has 0 bridgehead atoms. The van der Waals surface area contributed by atoms with E-state index in [1.165, 1.54) is 0 Å². The van der Waals surface area contributed by atoms with Crippen LogP contribution in [0.25, 0.3) is 0 Å². The van der Waals surface area contributed by atoms with Crippen molar-refractivity contribution in [1.29, 1.82) is 0 Å². The molecule has 23 heavy (non-hydrogen) atoms. The summed E-state index contributed by atoms with van der Waals surface area (Å²) in [6.07, 6.45) is 0.695. The summed E-state index contributed by atoms with van der Waals surface area (Å²) in [4.78, 5) is 12.1. The van der Waals surface area contributed by atoms with Gasteiger partial charge in [-0.05, 0) is 54.4 Å². The van der Waals surface area contributed by atoms with Crippen molar-refractivity contribution in [3.05, 3.63) is 53.1 Å². The van der Waals surface area contributed by atoms with Gasteiger partial charge in [0.05, 0.1) is 13.2 Å². The number of hydrogen-bond donors (Lipinski definition) is 2. The molecule has 0 spiro atoms. The minimum absolute atomic E-state index is 0.0955. The Morgan fingerprint density at radius 1 is 1.26 bits per heavy atom. The second-order valence-corrected chi connectivity index (χ2v) is 5.73. The van der Waals surface area contributed by atoms with Gasteiger partial charge in [-0.3, -0.25) is 0 Å². The van der Waals surface area contributed by atoms with E-state index in [-0.39, 0.29) is 12.1 Å². The highest BCUT2D eigenvalue weighted by atomic mass is 35.5. The second-order valence-electron chi connectivity index (χ2n) is 5.29. The summed E-state index contributed by atoms with van der Waals surface area (Å²) in [5.74, 6) is 1.61. The Morgan fingerprint density at radius 2 is 2.04 bits per heavy atom. The molecule has 0 radical (unpaired) electrons. The number of hydrogen-bond acceptors (Lipinski definition) is 3. The molecule has 6 heteroatoms. The third-order valence-electron chi connectivity index (χ3n) is 3.61. The summed E-state index contributed by atoms with van der Waals surface area (Å²) in [6.45, 7) is 0.438. The lowest BCUT2D eigenvalue weighted by Crippen LogP contribution is -2.44. The number of carbonyl (C=O) groups excluding carboxylic acids is 1. The highest BCUT2D eigenvalue weighted by molar-refractivity contribution is 6.30. The molecule has 2 N–H and O–H groups in total. The number of methoxy groups -OCH3 is 1. The fourth-order valence-electron chi connectivity index (χ4n) is 2.48. The van der Waals surface area contributed by atoms with E-state index in [0.717, 1.165) is 17.1 Å². The molecule has 1 aliphatic rings. The lowest BCUT2D eigenvalue weighted by atomic mass is 10.0. The number of anilines is 1. The Kier molecular flexibility index (Phi) is 4.57. The predicted octanol–water partition coefficient (Wildman–Crippen LogP) is 3.47. The van der Waals surface area contributed by atoms with E-state index in [2.05, 4.69) is 10.6 Å². The van der Waals surface area contributed by atoms with E-state index < -0.39 is 0 Å². The number of carbonyl (C=O) groups is 1. The molecule has 1 heterocycles. The molecule has 5 nitrogen and oxygen atoms in total. The van der Waals surface area contributed by atoms with Crippen molar-refractivity contribution in [2.75, 3.05) is 19.0 Å². The molecular weight excluding hydrogens is 316 g/mol. The maximum absolute atomic E-state index is 12.1. The first-order valence-corrected chi connectivity index (χ1v) is 7.64. The maximum atomic E-state index is 12.1. The lowest BCUT2D eigenvalue weighted by Gasteiger charge is -2.26. The number of ether oxygens (including phenoxy) is 2. The van der Waals surface area contributed by atoms with Gasteiger partial charge >= 0.3 is 6.03 Å². The molecule has 3 rings (SSSR count). The topological polar surface area (TPSA) is 59.6 Å². The van der Waals surface area contributed by atoms with E-state index in [4.69, 9.17) is 21.1 Å². The average molecular weight is 333 g/mol. The summed E-state index contributed by atoms with van der Waals surface area (Å²) in [5, 5.41) is 6.31. The van der Waals surface area contributed by atoms with Crippen LogP contribution < -0.4 is 20.1 Å². The van der Waals surface area contributed by atoms with E-state index in [1.807, 2.05) is 18.2 Å². The number of rotatable bonds is 3. The van der Waals surface area contributed by atoms with Gasteiger partial charge in [0.1, 0.15) is 18.1 Å². The molecule has 2 amide bonds. The zero-order valence-corrected chi connectivity index (χ0v) is 13.4. The van der Waals surface area contributed by atoms with Crippen molar-refractivity contribution in [1.82, 2.24) is 5.32 Å². The SMILES string of the molecule is COc1ccc2c(c1)CC(NC(=O)Nc1ccc(Cl)cc1)CO2. The van der Waals surface area contributed by atoms with E-state index in [9.17, 15) is 4.79 Å². The van der Waals surface area contributed by atoms with Gasteiger partial charge in [-0.25, -0.2) is 4.79 Å². The zero-order valence-electron chi connectivity index (χ0n) is 12.6. The lowest BCUT2D eigenvalue weighted by molar-refractivity contribution is 0.222. The summed E-state index contributed by atoms with van der Waals surface area (Å²) in [7, 11) is 1.63. The molecule has 0 fully saturated rings. The third-order valence-corrected chi connectivity index (χ3v) is 3.86. The van der Waals surface area contributed by atoms with Crippen LogP contribution in [0, 0.1) is 0 Å².